The predicted molar refractivity (Wildman–Crippen MR) is 116 cm³/mol. The van der Waals surface area contributed by atoms with Crippen molar-refractivity contribution in [2.45, 2.75) is 59.5 Å². The van der Waals surface area contributed by atoms with Crippen LogP contribution < -0.4 is 5.32 Å². The van der Waals surface area contributed by atoms with Crippen LogP contribution in [0.5, 0.6) is 0 Å². The van der Waals surface area contributed by atoms with E-state index in [4.69, 9.17) is 9.47 Å². The average molecular weight is 430 g/mol. The number of nitrogens with one attached hydrogen (secondary N) is 1. The summed E-state index contributed by atoms with van der Waals surface area (Å²) in [7, 11) is 0. The van der Waals surface area contributed by atoms with Crippen molar-refractivity contribution < 1.29 is 23.9 Å². The van der Waals surface area contributed by atoms with Gasteiger partial charge in [-0.1, -0.05) is 17.2 Å². The zero-order valence-corrected chi connectivity index (χ0v) is 18.6. The van der Waals surface area contributed by atoms with Crippen molar-refractivity contribution in [3.8, 4) is 0 Å². The molecule has 30 heavy (non-hydrogen) atoms. The lowest BCUT2D eigenvalue weighted by Gasteiger charge is -2.15. The van der Waals surface area contributed by atoms with Gasteiger partial charge in [0.25, 0.3) is 5.91 Å². The molecule has 2 aromatic rings. The van der Waals surface area contributed by atoms with Gasteiger partial charge < -0.3 is 14.8 Å². The molecule has 0 radical (unpaired) electrons. The number of benzene rings is 1. The smallest absolute Gasteiger partial charge is 0.341 e. The molecule has 7 heteroatoms. The molecule has 6 nitrogen and oxygen atoms in total. The van der Waals surface area contributed by atoms with Crippen LogP contribution >= 0.6 is 11.3 Å². The zero-order valence-electron chi connectivity index (χ0n) is 17.8. The van der Waals surface area contributed by atoms with Crippen molar-refractivity contribution in [1.29, 1.82) is 0 Å². The number of carbonyl (C=O) groups is 3. The van der Waals surface area contributed by atoms with E-state index in [2.05, 4.69) is 5.32 Å². The summed E-state index contributed by atoms with van der Waals surface area (Å²) in [6.07, 6.45) is 2.75. The summed E-state index contributed by atoms with van der Waals surface area (Å²) in [4.78, 5) is 38.8. The third kappa shape index (κ3) is 4.90. The van der Waals surface area contributed by atoms with Crippen molar-refractivity contribution in [2.24, 2.45) is 0 Å². The van der Waals surface area contributed by atoms with Gasteiger partial charge in [-0.2, -0.15) is 0 Å². The number of fused-ring (bicyclic) bond motifs is 1. The maximum Gasteiger partial charge on any atom is 0.341 e. The zero-order chi connectivity index (χ0) is 21.8. The summed E-state index contributed by atoms with van der Waals surface area (Å²) in [6.45, 7) is 7.34. The Kier molecular flexibility index (Phi) is 6.92. The minimum atomic E-state index is -1.01. The molecule has 1 unspecified atom stereocenters. The third-order valence-electron chi connectivity index (χ3n) is 5.00. The molecule has 0 bridgehead atoms. The lowest BCUT2D eigenvalue weighted by molar-refractivity contribution is -0.123. The van der Waals surface area contributed by atoms with E-state index in [0.717, 1.165) is 47.3 Å². The largest absolute Gasteiger partial charge is 0.462 e. The fourth-order valence-electron chi connectivity index (χ4n) is 3.66. The Balaban J connectivity index is 1.75. The molecular formula is C23H27NO5S. The molecule has 0 fully saturated rings. The van der Waals surface area contributed by atoms with Crippen molar-refractivity contribution in [3.63, 3.8) is 0 Å². The molecule has 1 N–H and O–H groups in total. The molecule has 3 rings (SSSR count). The van der Waals surface area contributed by atoms with Gasteiger partial charge in [0.1, 0.15) is 5.00 Å². The van der Waals surface area contributed by atoms with Crippen LogP contribution in [0.25, 0.3) is 0 Å². The summed E-state index contributed by atoms with van der Waals surface area (Å²) >= 11 is 1.41. The molecule has 0 spiro atoms. The van der Waals surface area contributed by atoms with Crippen molar-refractivity contribution >= 4 is 34.2 Å². The van der Waals surface area contributed by atoms with E-state index in [1.54, 1.807) is 19.1 Å². The van der Waals surface area contributed by atoms with Gasteiger partial charge in [0.05, 0.1) is 17.7 Å². The first kappa shape index (κ1) is 22.0. The first-order valence-electron chi connectivity index (χ1n) is 10.2. The number of carbonyl (C=O) groups excluding carboxylic acids is 3. The lowest BCUT2D eigenvalue weighted by Crippen LogP contribution is -2.30. The number of esters is 2. The van der Waals surface area contributed by atoms with Crippen molar-refractivity contribution in [2.75, 3.05) is 11.9 Å². The van der Waals surface area contributed by atoms with Crippen LogP contribution in [0, 0.1) is 13.8 Å². The Morgan fingerprint density at radius 1 is 1.07 bits per heavy atom. The van der Waals surface area contributed by atoms with Crippen LogP contribution in [0.4, 0.5) is 5.00 Å². The van der Waals surface area contributed by atoms with Crippen molar-refractivity contribution in [3.05, 3.63) is 50.9 Å². The molecule has 1 aromatic carbocycles. The van der Waals surface area contributed by atoms with Crippen molar-refractivity contribution in [1.82, 2.24) is 0 Å². The number of aryl methyl sites for hydroxylation is 3. The summed E-state index contributed by atoms with van der Waals surface area (Å²) < 4.78 is 10.6. The number of hydrogen-bond donors (Lipinski definition) is 1. The van der Waals surface area contributed by atoms with Gasteiger partial charge in [0.2, 0.25) is 0 Å². The highest BCUT2D eigenvalue weighted by Gasteiger charge is 2.29. The van der Waals surface area contributed by atoms with Gasteiger partial charge in [-0.3, -0.25) is 4.79 Å². The lowest BCUT2D eigenvalue weighted by atomic mass is 9.95. The second-order valence-corrected chi connectivity index (χ2v) is 8.65. The Morgan fingerprint density at radius 2 is 1.73 bits per heavy atom. The Labute approximate surface area is 180 Å². The number of hydrogen-bond acceptors (Lipinski definition) is 6. The minimum absolute atomic E-state index is 0.265. The number of amides is 1. The Hall–Kier alpha value is -2.67. The minimum Gasteiger partial charge on any atom is -0.462 e. The molecular weight excluding hydrogens is 402 g/mol. The molecule has 1 amide bonds. The standard InChI is InChI=1S/C23H27NO5S/c1-5-28-23(27)19-17-8-6-7-9-18(17)30-21(19)24-20(25)15(4)29-22(26)16-11-13(2)10-14(3)12-16/h10-12,15H,5-9H2,1-4H3,(H,24,25). The molecule has 0 saturated heterocycles. The second-order valence-electron chi connectivity index (χ2n) is 7.55. The maximum atomic E-state index is 12.7. The van der Waals surface area contributed by atoms with Crippen LogP contribution in [-0.2, 0) is 27.1 Å². The molecule has 1 atom stereocenters. The van der Waals surface area contributed by atoms with Gasteiger partial charge in [0.15, 0.2) is 6.10 Å². The topological polar surface area (TPSA) is 81.7 Å². The molecule has 1 aliphatic rings. The molecule has 0 saturated carbocycles. The summed E-state index contributed by atoms with van der Waals surface area (Å²) in [5.74, 6) is -1.45. The van der Waals surface area contributed by atoms with Crippen LogP contribution in [-0.4, -0.2) is 30.6 Å². The Bertz CT molecular complexity index is 958. The second kappa shape index (κ2) is 9.43. The number of ether oxygens (including phenoxy) is 2. The first-order valence-corrected chi connectivity index (χ1v) is 11.0. The summed E-state index contributed by atoms with van der Waals surface area (Å²) in [5, 5.41) is 3.26. The van der Waals surface area contributed by atoms with Gasteiger partial charge in [-0.15, -0.1) is 11.3 Å². The first-order chi connectivity index (χ1) is 14.3. The number of thiophene rings is 1. The molecule has 1 aliphatic carbocycles. The van der Waals surface area contributed by atoms with E-state index in [0.29, 0.717) is 16.1 Å². The predicted octanol–water partition coefficient (Wildman–Crippen LogP) is 4.60. The van der Waals surface area contributed by atoms with Crippen LogP contribution in [0.2, 0.25) is 0 Å². The SMILES string of the molecule is CCOC(=O)c1c(NC(=O)C(C)OC(=O)c2cc(C)cc(C)c2)sc2c1CCCC2. The average Bonchev–Trinajstić information content (AvgIpc) is 3.05. The van der Waals surface area contributed by atoms with E-state index in [1.165, 1.54) is 18.3 Å². The quantitative estimate of drug-likeness (QED) is 0.679. The molecule has 0 aliphatic heterocycles. The monoisotopic (exact) mass is 429 g/mol. The molecule has 1 aromatic heterocycles. The molecule has 160 valence electrons. The highest BCUT2D eigenvalue weighted by atomic mass is 32.1. The van der Waals surface area contributed by atoms with E-state index in [9.17, 15) is 14.4 Å². The van der Waals surface area contributed by atoms with E-state index in [-0.39, 0.29) is 6.61 Å². The maximum absolute atomic E-state index is 12.7. The number of rotatable bonds is 6. The van der Waals surface area contributed by atoms with Gasteiger partial charge in [0, 0.05) is 4.88 Å². The van der Waals surface area contributed by atoms with Gasteiger partial charge >= 0.3 is 11.9 Å². The Morgan fingerprint density at radius 3 is 2.40 bits per heavy atom. The molecule has 1 heterocycles. The van der Waals surface area contributed by atoms with Gasteiger partial charge in [-0.05, 0) is 71.1 Å². The summed E-state index contributed by atoms with van der Waals surface area (Å²) in [5.41, 5.74) is 3.72. The number of anilines is 1. The van der Waals surface area contributed by atoms with E-state index in [1.807, 2.05) is 19.9 Å². The fourth-order valence-corrected chi connectivity index (χ4v) is 4.94. The van der Waals surface area contributed by atoms with E-state index >= 15 is 0 Å². The van der Waals surface area contributed by atoms with E-state index < -0.39 is 23.9 Å². The van der Waals surface area contributed by atoms with Crippen LogP contribution in [0.3, 0.4) is 0 Å². The van der Waals surface area contributed by atoms with Crippen LogP contribution in [0.15, 0.2) is 18.2 Å². The fraction of sp³-hybridized carbons (Fsp3) is 0.435. The summed E-state index contributed by atoms with van der Waals surface area (Å²) in [6, 6.07) is 5.42. The van der Waals surface area contributed by atoms with Gasteiger partial charge in [-0.25, -0.2) is 9.59 Å². The third-order valence-corrected chi connectivity index (χ3v) is 6.21. The normalized spacial score (nSPS) is 13.9. The van der Waals surface area contributed by atoms with Crippen LogP contribution in [0.1, 0.15) is 69.0 Å². The highest BCUT2D eigenvalue weighted by Crippen LogP contribution is 2.38. The highest BCUT2D eigenvalue weighted by molar-refractivity contribution is 7.17.